The Morgan fingerprint density at radius 1 is 1.19 bits per heavy atom. The molecule has 0 radical (unpaired) electrons. The van der Waals surface area contributed by atoms with Crippen molar-refractivity contribution >= 4 is 44.0 Å². The normalized spacial score (nSPS) is 20.6. The number of halogens is 2. The predicted molar refractivity (Wildman–Crippen MR) is 91.2 cm³/mol. The Morgan fingerprint density at radius 2 is 1.90 bits per heavy atom. The van der Waals surface area contributed by atoms with Gasteiger partial charge in [0.1, 0.15) is 11.0 Å². The molecule has 1 unspecified atom stereocenters. The molecule has 110 valence electrons. The highest BCUT2D eigenvalue weighted by molar-refractivity contribution is 14.1. The van der Waals surface area contributed by atoms with Gasteiger partial charge in [0.25, 0.3) is 0 Å². The first-order valence-corrected chi connectivity index (χ1v) is 9.73. The minimum atomic E-state index is -2.97. The maximum atomic E-state index is 11.6. The van der Waals surface area contributed by atoms with Crippen molar-refractivity contribution in [2.45, 2.75) is 12.3 Å². The second-order valence-electron chi connectivity index (χ2n) is 5.00. The van der Waals surface area contributed by atoms with Gasteiger partial charge in [-0.05, 0) is 29.0 Å². The van der Waals surface area contributed by atoms with Gasteiger partial charge in [-0.15, -0.1) is 0 Å². The maximum absolute atomic E-state index is 11.6. The smallest absolute Gasteiger partial charge is 0.151 e. The quantitative estimate of drug-likeness (QED) is 0.537. The number of aromatic nitrogens is 2. The highest BCUT2D eigenvalue weighted by Crippen LogP contribution is 2.32. The molecule has 2 aromatic rings. The summed E-state index contributed by atoms with van der Waals surface area (Å²) in [7, 11) is -2.97. The third-order valence-electron chi connectivity index (χ3n) is 3.47. The summed E-state index contributed by atoms with van der Waals surface area (Å²) < 4.78 is 24.0. The molecule has 0 bridgehead atoms. The summed E-state index contributed by atoms with van der Waals surface area (Å²) in [6.45, 7) is 0. The van der Waals surface area contributed by atoms with E-state index in [1.807, 2.05) is 30.3 Å². The molecule has 0 N–H and O–H groups in total. The van der Waals surface area contributed by atoms with Gasteiger partial charge in [-0.1, -0.05) is 41.9 Å². The molecule has 4 nitrogen and oxygen atoms in total. The largest absolute Gasteiger partial charge is 0.231 e. The summed E-state index contributed by atoms with van der Waals surface area (Å²) in [5, 5.41) is 0.378. The van der Waals surface area contributed by atoms with Gasteiger partial charge < -0.3 is 0 Å². The topological polar surface area (TPSA) is 59.9 Å². The lowest BCUT2D eigenvalue weighted by Gasteiger charge is -2.11. The van der Waals surface area contributed by atoms with Crippen LogP contribution in [0.1, 0.15) is 18.2 Å². The first-order chi connectivity index (χ1) is 9.96. The Hall–Kier alpha value is -0.730. The zero-order valence-electron chi connectivity index (χ0n) is 11.0. The molecule has 0 aliphatic carbocycles. The summed E-state index contributed by atoms with van der Waals surface area (Å²) in [4.78, 5) is 8.87. The summed E-state index contributed by atoms with van der Waals surface area (Å²) in [6.07, 6.45) is 0.563. The van der Waals surface area contributed by atoms with Crippen molar-refractivity contribution in [3.63, 3.8) is 0 Å². The molecule has 1 aromatic carbocycles. The Kier molecular flexibility index (Phi) is 4.20. The summed E-state index contributed by atoms with van der Waals surface area (Å²) >= 11 is 8.33. The monoisotopic (exact) mass is 434 g/mol. The van der Waals surface area contributed by atoms with E-state index in [-0.39, 0.29) is 17.4 Å². The zero-order chi connectivity index (χ0) is 15.0. The van der Waals surface area contributed by atoms with Crippen LogP contribution < -0.4 is 0 Å². The van der Waals surface area contributed by atoms with Gasteiger partial charge >= 0.3 is 0 Å². The summed E-state index contributed by atoms with van der Waals surface area (Å²) in [5.74, 6) is 0.677. The van der Waals surface area contributed by atoms with Crippen LogP contribution in [0.5, 0.6) is 0 Å². The highest BCUT2D eigenvalue weighted by Gasteiger charge is 2.31. The Balaban J connectivity index is 2.07. The van der Waals surface area contributed by atoms with Gasteiger partial charge in [-0.3, -0.25) is 0 Å². The number of rotatable bonds is 2. The maximum Gasteiger partial charge on any atom is 0.151 e. The van der Waals surface area contributed by atoms with E-state index in [9.17, 15) is 8.42 Å². The molecule has 2 heterocycles. The average molecular weight is 435 g/mol. The van der Waals surface area contributed by atoms with Gasteiger partial charge in [-0.25, -0.2) is 18.4 Å². The lowest BCUT2D eigenvalue weighted by atomic mass is 10.1. The molecular formula is C14H12ClIN2O2S. The minimum Gasteiger partial charge on any atom is -0.231 e. The van der Waals surface area contributed by atoms with Crippen LogP contribution in [0.25, 0.3) is 11.3 Å². The van der Waals surface area contributed by atoms with Crippen LogP contribution in [-0.4, -0.2) is 29.9 Å². The molecule has 3 rings (SSSR count). The molecule has 1 atom stereocenters. The number of benzene rings is 1. The number of hydrogen-bond donors (Lipinski definition) is 0. The van der Waals surface area contributed by atoms with Gasteiger partial charge in [0.05, 0.1) is 20.8 Å². The average Bonchev–Trinajstić information content (AvgIpc) is 2.83. The Labute approximate surface area is 142 Å². The number of nitrogens with zero attached hydrogens (tertiary/aromatic N) is 2. The highest BCUT2D eigenvalue weighted by atomic mass is 127. The molecule has 1 aliphatic heterocycles. The SMILES string of the molecule is O=S1(=O)CCC(c2nc(Cl)c(I)c(-c3ccccc3)n2)C1. The molecule has 1 saturated heterocycles. The Morgan fingerprint density at radius 3 is 2.52 bits per heavy atom. The van der Waals surface area contributed by atoms with Crippen molar-refractivity contribution in [1.82, 2.24) is 9.97 Å². The van der Waals surface area contributed by atoms with Crippen molar-refractivity contribution in [3.8, 4) is 11.3 Å². The summed E-state index contributed by atoms with van der Waals surface area (Å²) in [6, 6.07) is 9.71. The van der Waals surface area contributed by atoms with E-state index >= 15 is 0 Å². The third-order valence-corrected chi connectivity index (χ3v) is 6.85. The third kappa shape index (κ3) is 3.22. The second-order valence-corrected chi connectivity index (χ2v) is 8.67. The first-order valence-electron chi connectivity index (χ1n) is 6.45. The van der Waals surface area contributed by atoms with E-state index in [0.29, 0.717) is 17.4 Å². The van der Waals surface area contributed by atoms with Crippen LogP contribution in [0.2, 0.25) is 5.15 Å². The second kappa shape index (κ2) is 5.81. The van der Waals surface area contributed by atoms with Crippen LogP contribution in [-0.2, 0) is 9.84 Å². The number of sulfone groups is 1. The Bertz CT molecular complexity index is 781. The van der Waals surface area contributed by atoms with Crippen molar-refractivity contribution in [3.05, 3.63) is 44.9 Å². The molecule has 0 amide bonds. The molecule has 0 spiro atoms. The lowest BCUT2D eigenvalue weighted by molar-refractivity contribution is 0.601. The fourth-order valence-electron chi connectivity index (χ4n) is 2.40. The van der Waals surface area contributed by atoms with Crippen molar-refractivity contribution in [2.24, 2.45) is 0 Å². The summed E-state index contributed by atoms with van der Waals surface area (Å²) in [5.41, 5.74) is 1.71. The van der Waals surface area contributed by atoms with Crippen LogP contribution in [0.4, 0.5) is 0 Å². The van der Waals surface area contributed by atoms with E-state index in [4.69, 9.17) is 11.6 Å². The molecular weight excluding hydrogens is 423 g/mol. The minimum absolute atomic E-state index is 0.109. The molecule has 1 fully saturated rings. The number of hydrogen-bond acceptors (Lipinski definition) is 4. The molecule has 7 heteroatoms. The van der Waals surface area contributed by atoms with Crippen molar-refractivity contribution in [2.75, 3.05) is 11.5 Å². The lowest BCUT2D eigenvalue weighted by Crippen LogP contribution is -2.09. The van der Waals surface area contributed by atoms with E-state index in [2.05, 4.69) is 32.6 Å². The molecule has 0 saturated carbocycles. The van der Waals surface area contributed by atoms with Gasteiger partial charge in [-0.2, -0.15) is 0 Å². The van der Waals surface area contributed by atoms with E-state index < -0.39 is 9.84 Å². The van der Waals surface area contributed by atoms with Gasteiger partial charge in [0.15, 0.2) is 9.84 Å². The molecule has 1 aliphatic rings. The standard InChI is InChI=1S/C14H12ClIN2O2S/c15-13-11(16)12(9-4-2-1-3-5-9)17-14(18-13)10-6-7-21(19,20)8-10/h1-5,10H,6-8H2. The predicted octanol–water partition coefficient (Wildman–Crippen LogP) is 3.30. The van der Waals surface area contributed by atoms with Gasteiger partial charge in [0, 0.05) is 11.5 Å². The molecule has 21 heavy (non-hydrogen) atoms. The fourth-order valence-corrected chi connectivity index (χ4v) is 4.87. The van der Waals surface area contributed by atoms with Crippen molar-refractivity contribution < 1.29 is 8.42 Å². The van der Waals surface area contributed by atoms with E-state index in [0.717, 1.165) is 14.8 Å². The van der Waals surface area contributed by atoms with Crippen molar-refractivity contribution in [1.29, 1.82) is 0 Å². The fraction of sp³-hybridized carbons (Fsp3) is 0.286. The van der Waals surface area contributed by atoms with E-state index in [1.165, 1.54) is 0 Å². The van der Waals surface area contributed by atoms with Crippen LogP contribution in [0.3, 0.4) is 0 Å². The van der Waals surface area contributed by atoms with Gasteiger partial charge in [0.2, 0.25) is 0 Å². The first kappa shape index (κ1) is 15.2. The van der Waals surface area contributed by atoms with Crippen LogP contribution in [0, 0.1) is 3.57 Å². The molecule has 1 aromatic heterocycles. The van der Waals surface area contributed by atoms with Crippen LogP contribution in [0.15, 0.2) is 30.3 Å². The van der Waals surface area contributed by atoms with Crippen LogP contribution >= 0.6 is 34.2 Å². The van der Waals surface area contributed by atoms with E-state index in [1.54, 1.807) is 0 Å². The zero-order valence-corrected chi connectivity index (χ0v) is 14.7.